The number of unbranched alkanes of at least 4 members (excludes halogenated alkanes) is 2. The van der Waals surface area contributed by atoms with Gasteiger partial charge in [0, 0.05) is 24.7 Å². The number of pyridine rings is 1. The Morgan fingerprint density at radius 3 is 2.76 bits per heavy atom. The highest BCUT2D eigenvalue weighted by Gasteiger charge is 1.99. The largest absolute Gasteiger partial charge is 0.300 e. The van der Waals surface area contributed by atoms with Gasteiger partial charge in [-0.1, -0.05) is 20.3 Å². The summed E-state index contributed by atoms with van der Waals surface area (Å²) in [6.07, 6.45) is 8.80. The van der Waals surface area contributed by atoms with Gasteiger partial charge < -0.3 is 0 Å². The number of carbonyl (C=O) groups is 1. The first-order chi connectivity index (χ1) is 8.26. The molecule has 0 unspecified atom stereocenters. The molecule has 0 spiro atoms. The quantitative estimate of drug-likeness (QED) is 0.640. The molecule has 94 valence electrons. The predicted octanol–water partition coefficient (Wildman–Crippen LogP) is 3.73. The highest BCUT2D eigenvalue weighted by Crippen LogP contribution is 2.09. The summed E-state index contributed by atoms with van der Waals surface area (Å²) in [7, 11) is 0. The monoisotopic (exact) mass is 233 g/mol. The third-order valence-corrected chi connectivity index (χ3v) is 3.06. The Morgan fingerprint density at radius 2 is 2.06 bits per heavy atom. The summed E-state index contributed by atoms with van der Waals surface area (Å²) in [6, 6.07) is 4.29. The van der Waals surface area contributed by atoms with Gasteiger partial charge in [0.1, 0.15) is 5.78 Å². The zero-order valence-corrected chi connectivity index (χ0v) is 11.0. The van der Waals surface area contributed by atoms with E-state index in [1.165, 1.54) is 17.7 Å². The lowest BCUT2D eigenvalue weighted by atomic mass is 10.0. The van der Waals surface area contributed by atoms with E-state index in [0.29, 0.717) is 12.2 Å². The smallest absolute Gasteiger partial charge is 0.132 e. The highest BCUT2D eigenvalue weighted by atomic mass is 16.1. The average Bonchev–Trinajstić information content (AvgIpc) is 2.38. The molecule has 2 heteroatoms. The van der Waals surface area contributed by atoms with Gasteiger partial charge in [-0.15, -0.1) is 0 Å². The maximum absolute atomic E-state index is 11.1. The Kier molecular flexibility index (Phi) is 6.53. The topological polar surface area (TPSA) is 30.0 Å². The van der Waals surface area contributed by atoms with E-state index in [2.05, 4.69) is 24.0 Å². The Labute approximate surface area is 104 Å². The molecule has 0 atom stereocenters. The zero-order chi connectivity index (χ0) is 12.5. The van der Waals surface area contributed by atoms with Crippen LogP contribution in [0.3, 0.4) is 0 Å². The molecule has 0 bridgehead atoms. The van der Waals surface area contributed by atoms with Crippen LogP contribution < -0.4 is 0 Å². The summed E-state index contributed by atoms with van der Waals surface area (Å²) in [5.74, 6) is 0.391. The van der Waals surface area contributed by atoms with Crippen molar-refractivity contribution in [2.24, 2.45) is 0 Å². The van der Waals surface area contributed by atoms with Crippen LogP contribution in [0, 0.1) is 0 Å². The fourth-order valence-electron chi connectivity index (χ4n) is 1.88. The Hall–Kier alpha value is -1.18. The lowest BCUT2D eigenvalue weighted by Gasteiger charge is -2.03. The van der Waals surface area contributed by atoms with E-state index < -0.39 is 0 Å². The molecule has 0 aliphatic rings. The molecule has 17 heavy (non-hydrogen) atoms. The number of aromatic nitrogens is 1. The summed E-state index contributed by atoms with van der Waals surface area (Å²) in [6.45, 7) is 4.06. The first-order valence-electron chi connectivity index (χ1n) is 6.71. The zero-order valence-electron chi connectivity index (χ0n) is 11.0. The van der Waals surface area contributed by atoms with Gasteiger partial charge >= 0.3 is 0 Å². The Morgan fingerprint density at radius 1 is 1.24 bits per heavy atom. The molecule has 0 amide bonds. The van der Waals surface area contributed by atoms with Crippen molar-refractivity contribution in [3.63, 3.8) is 0 Å². The normalized spacial score (nSPS) is 10.5. The molecule has 1 aromatic rings. The van der Waals surface area contributed by atoms with Crippen molar-refractivity contribution in [1.82, 2.24) is 4.98 Å². The van der Waals surface area contributed by atoms with Gasteiger partial charge in [-0.2, -0.15) is 0 Å². The minimum Gasteiger partial charge on any atom is -0.300 e. The van der Waals surface area contributed by atoms with E-state index in [1.807, 2.05) is 13.1 Å². The van der Waals surface area contributed by atoms with Crippen molar-refractivity contribution in [1.29, 1.82) is 0 Å². The molecule has 0 radical (unpaired) electrons. The number of hydrogen-bond acceptors (Lipinski definition) is 2. The van der Waals surface area contributed by atoms with Crippen LogP contribution in [0.15, 0.2) is 18.3 Å². The molecule has 0 aliphatic carbocycles. The van der Waals surface area contributed by atoms with Crippen molar-refractivity contribution in [3.8, 4) is 0 Å². The van der Waals surface area contributed by atoms with E-state index in [4.69, 9.17) is 0 Å². The molecule has 0 N–H and O–H groups in total. The maximum Gasteiger partial charge on any atom is 0.132 e. The first-order valence-corrected chi connectivity index (χ1v) is 6.71. The SMILES string of the molecule is CCC(=O)CCCCCc1ccnc(CC)c1. The fraction of sp³-hybridized carbons (Fsp3) is 0.600. The number of rotatable bonds is 8. The molecule has 1 aromatic heterocycles. The van der Waals surface area contributed by atoms with Crippen LogP contribution in [-0.2, 0) is 17.6 Å². The van der Waals surface area contributed by atoms with E-state index >= 15 is 0 Å². The molecule has 0 aliphatic heterocycles. The number of nitrogens with zero attached hydrogens (tertiary/aromatic N) is 1. The Bertz CT molecular complexity index is 347. The molecular weight excluding hydrogens is 210 g/mol. The van der Waals surface area contributed by atoms with E-state index in [-0.39, 0.29) is 0 Å². The van der Waals surface area contributed by atoms with Gasteiger partial charge in [0.05, 0.1) is 0 Å². The number of hydrogen-bond donors (Lipinski definition) is 0. The van der Waals surface area contributed by atoms with Crippen molar-refractivity contribution >= 4 is 5.78 Å². The summed E-state index contributed by atoms with van der Waals surface area (Å²) in [5.41, 5.74) is 2.54. The van der Waals surface area contributed by atoms with Crippen LogP contribution in [0.1, 0.15) is 57.2 Å². The van der Waals surface area contributed by atoms with Crippen molar-refractivity contribution in [2.75, 3.05) is 0 Å². The van der Waals surface area contributed by atoms with Gasteiger partial charge in [0.25, 0.3) is 0 Å². The van der Waals surface area contributed by atoms with E-state index in [9.17, 15) is 4.79 Å². The highest BCUT2D eigenvalue weighted by molar-refractivity contribution is 5.77. The molecule has 0 saturated heterocycles. The van der Waals surface area contributed by atoms with Gasteiger partial charge in [-0.3, -0.25) is 9.78 Å². The van der Waals surface area contributed by atoms with Crippen LogP contribution in [0.5, 0.6) is 0 Å². The number of aryl methyl sites for hydroxylation is 2. The predicted molar refractivity (Wildman–Crippen MR) is 71.1 cm³/mol. The summed E-state index contributed by atoms with van der Waals surface area (Å²) in [4.78, 5) is 15.4. The fourth-order valence-corrected chi connectivity index (χ4v) is 1.88. The second kappa shape index (κ2) is 7.99. The van der Waals surface area contributed by atoms with Crippen LogP contribution in [0.4, 0.5) is 0 Å². The molecule has 0 fully saturated rings. The third-order valence-electron chi connectivity index (χ3n) is 3.06. The lowest BCUT2D eigenvalue weighted by molar-refractivity contribution is -0.118. The van der Waals surface area contributed by atoms with Crippen molar-refractivity contribution < 1.29 is 4.79 Å². The van der Waals surface area contributed by atoms with Gasteiger partial charge in [-0.05, 0) is 43.4 Å². The summed E-state index contributed by atoms with van der Waals surface area (Å²) in [5, 5.41) is 0. The molecular formula is C15H23NO. The second-order valence-corrected chi connectivity index (χ2v) is 4.46. The van der Waals surface area contributed by atoms with Crippen LogP contribution in [0.25, 0.3) is 0 Å². The first kappa shape index (κ1) is 13.9. The summed E-state index contributed by atoms with van der Waals surface area (Å²) < 4.78 is 0. The number of ketones is 1. The van der Waals surface area contributed by atoms with E-state index in [0.717, 1.165) is 32.1 Å². The number of Topliss-reactive ketones (excluding diaryl/α,β-unsaturated/α-hetero) is 1. The van der Waals surface area contributed by atoms with Gasteiger partial charge in [-0.25, -0.2) is 0 Å². The molecule has 1 rings (SSSR count). The van der Waals surface area contributed by atoms with Crippen molar-refractivity contribution in [3.05, 3.63) is 29.6 Å². The third kappa shape index (κ3) is 5.62. The molecule has 2 nitrogen and oxygen atoms in total. The van der Waals surface area contributed by atoms with Gasteiger partial charge in [0.2, 0.25) is 0 Å². The molecule has 0 saturated carbocycles. The maximum atomic E-state index is 11.1. The standard InChI is InChI=1S/C15H23NO/c1-3-14-12-13(10-11-16-14)8-6-5-7-9-15(17)4-2/h10-12H,3-9H2,1-2H3. The number of carbonyl (C=O) groups excluding carboxylic acids is 1. The van der Waals surface area contributed by atoms with Gasteiger partial charge in [0.15, 0.2) is 0 Å². The van der Waals surface area contributed by atoms with E-state index in [1.54, 1.807) is 0 Å². The Balaban J connectivity index is 2.19. The van der Waals surface area contributed by atoms with Crippen LogP contribution >= 0.6 is 0 Å². The second-order valence-electron chi connectivity index (χ2n) is 4.46. The van der Waals surface area contributed by atoms with Crippen molar-refractivity contribution in [2.45, 2.75) is 58.8 Å². The molecule has 0 aromatic carbocycles. The lowest BCUT2D eigenvalue weighted by Crippen LogP contribution is -1.95. The van der Waals surface area contributed by atoms with Crippen LogP contribution in [0.2, 0.25) is 0 Å². The minimum absolute atomic E-state index is 0.391. The molecule has 1 heterocycles. The average molecular weight is 233 g/mol. The van der Waals surface area contributed by atoms with Crippen LogP contribution in [-0.4, -0.2) is 10.8 Å². The minimum atomic E-state index is 0.391. The summed E-state index contributed by atoms with van der Waals surface area (Å²) >= 11 is 0.